The molecule has 0 spiro atoms. The molecule has 0 fully saturated rings. The van der Waals surface area contributed by atoms with E-state index in [-0.39, 0.29) is 0 Å². The first kappa shape index (κ1) is 12.5. The van der Waals surface area contributed by atoms with Crippen LogP contribution < -0.4 is 5.32 Å². The van der Waals surface area contributed by atoms with E-state index in [0.717, 1.165) is 31.1 Å². The smallest absolute Gasteiger partial charge is 0.173 e. The Hall–Kier alpha value is -1.53. The maximum absolute atomic E-state index is 4.61. The number of hydrogen-bond donors (Lipinski definition) is 1. The highest BCUT2D eigenvalue weighted by Gasteiger charge is 2.10. The Morgan fingerprint density at radius 1 is 1.26 bits per heavy atom. The lowest BCUT2D eigenvalue weighted by Gasteiger charge is -2.07. The summed E-state index contributed by atoms with van der Waals surface area (Å²) in [5, 5.41) is 5.14. The second kappa shape index (κ2) is 4.86. The van der Waals surface area contributed by atoms with Crippen molar-refractivity contribution in [2.75, 3.05) is 12.4 Å². The van der Waals surface area contributed by atoms with Gasteiger partial charge in [-0.1, -0.05) is 15.9 Å². The van der Waals surface area contributed by atoms with Gasteiger partial charge < -0.3 is 5.32 Å². The summed E-state index contributed by atoms with van der Waals surface area (Å²) in [5.74, 6) is 1.54. The van der Waals surface area contributed by atoms with Gasteiger partial charge in [0.1, 0.15) is 5.82 Å². The van der Waals surface area contributed by atoms with Gasteiger partial charge in [-0.15, -0.1) is 11.3 Å². The van der Waals surface area contributed by atoms with Crippen LogP contribution in [0.5, 0.6) is 0 Å². The first-order valence-electron chi connectivity index (χ1n) is 5.75. The number of benzene rings is 1. The molecular weight excluding hydrogens is 324 g/mol. The van der Waals surface area contributed by atoms with Gasteiger partial charge >= 0.3 is 0 Å². The van der Waals surface area contributed by atoms with Crippen LogP contribution in [0.25, 0.3) is 21.6 Å². The van der Waals surface area contributed by atoms with E-state index < -0.39 is 0 Å². The molecule has 2 aromatic heterocycles. The molecule has 4 nitrogen and oxygen atoms in total. The molecule has 0 aliphatic heterocycles. The molecule has 1 aromatic carbocycles. The van der Waals surface area contributed by atoms with Gasteiger partial charge in [-0.3, -0.25) is 0 Å². The number of aromatic nitrogens is 3. The van der Waals surface area contributed by atoms with E-state index >= 15 is 0 Å². The van der Waals surface area contributed by atoms with Crippen molar-refractivity contribution in [1.82, 2.24) is 15.0 Å². The normalized spacial score (nSPS) is 10.9. The SMILES string of the molecule is CNc1nc(-c2cnc(C)s2)nc2ccc(Br)cc12. The van der Waals surface area contributed by atoms with Gasteiger partial charge in [0.25, 0.3) is 0 Å². The second-order valence-electron chi connectivity index (χ2n) is 4.05. The maximum atomic E-state index is 4.61. The minimum atomic E-state index is 0.713. The van der Waals surface area contributed by atoms with Crippen LogP contribution in [0, 0.1) is 6.92 Å². The van der Waals surface area contributed by atoms with Crippen molar-refractivity contribution in [3.8, 4) is 10.7 Å². The van der Waals surface area contributed by atoms with Crippen LogP contribution in [0.1, 0.15) is 5.01 Å². The first-order chi connectivity index (χ1) is 9.17. The van der Waals surface area contributed by atoms with E-state index in [4.69, 9.17) is 0 Å². The van der Waals surface area contributed by atoms with Crippen molar-refractivity contribution in [3.05, 3.63) is 33.9 Å². The number of nitrogens with one attached hydrogen (secondary N) is 1. The predicted octanol–water partition coefficient (Wildman–Crippen LogP) is 3.87. The molecule has 2 heterocycles. The standard InChI is InChI=1S/C13H11BrN4S/c1-7-16-6-11(19-7)13-17-10-4-3-8(14)5-9(10)12(15-2)18-13/h3-6H,1-2H3,(H,15,17,18). The molecule has 0 saturated carbocycles. The van der Waals surface area contributed by atoms with Gasteiger partial charge in [-0.25, -0.2) is 15.0 Å². The highest BCUT2D eigenvalue weighted by molar-refractivity contribution is 9.10. The van der Waals surface area contributed by atoms with E-state index in [2.05, 4.69) is 36.2 Å². The molecule has 0 unspecified atom stereocenters. The molecule has 0 amide bonds. The van der Waals surface area contributed by atoms with Crippen molar-refractivity contribution in [2.45, 2.75) is 6.92 Å². The molecular formula is C13H11BrN4S. The van der Waals surface area contributed by atoms with Crippen molar-refractivity contribution in [1.29, 1.82) is 0 Å². The average molecular weight is 335 g/mol. The lowest BCUT2D eigenvalue weighted by atomic mass is 10.2. The Bertz CT molecular complexity index is 753. The Kier molecular flexibility index (Phi) is 3.20. The van der Waals surface area contributed by atoms with Crippen molar-refractivity contribution in [3.63, 3.8) is 0 Å². The van der Waals surface area contributed by atoms with Crippen molar-refractivity contribution < 1.29 is 0 Å². The lowest BCUT2D eigenvalue weighted by molar-refractivity contribution is 1.21. The fourth-order valence-corrected chi connectivity index (χ4v) is 2.94. The minimum absolute atomic E-state index is 0.713. The maximum Gasteiger partial charge on any atom is 0.173 e. The number of rotatable bonds is 2. The average Bonchev–Trinajstić information content (AvgIpc) is 2.84. The third-order valence-electron chi connectivity index (χ3n) is 2.74. The summed E-state index contributed by atoms with van der Waals surface area (Å²) < 4.78 is 1.02. The van der Waals surface area contributed by atoms with Crippen LogP contribution in [0.15, 0.2) is 28.9 Å². The molecule has 0 radical (unpaired) electrons. The predicted molar refractivity (Wildman–Crippen MR) is 82.6 cm³/mol. The fraction of sp³-hybridized carbons (Fsp3) is 0.154. The van der Waals surface area contributed by atoms with Gasteiger partial charge in [0.15, 0.2) is 5.82 Å². The van der Waals surface area contributed by atoms with Crippen LogP contribution in [0.4, 0.5) is 5.82 Å². The molecule has 6 heteroatoms. The van der Waals surface area contributed by atoms with Gasteiger partial charge in [0.2, 0.25) is 0 Å². The van der Waals surface area contributed by atoms with Gasteiger partial charge in [0, 0.05) is 23.1 Å². The molecule has 0 aliphatic carbocycles. The van der Waals surface area contributed by atoms with Crippen LogP contribution in [0.3, 0.4) is 0 Å². The number of aryl methyl sites for hydroxylation is 1. The quantitative estimate of drug-likeness (QED) is 0.772. The van der Waals surface area contributed by atoms with Crippen molar-refractivity contribution >= 4 is 44.0 Å². The molecule has 0 saturated heterocycles. The molecule has 0 aliphatic rings. The molecule has 3 rings (SSSR count). The fourth-order valence-electron chi connectivity index (χ4n) is 1.87. The molecule has 1 N–H and O–H groups in total. The van der Waals surface area contributed by atoms with E-state index in [1.54, 1.807) is 11.3 Å². The largest absolute Gasteiger partial charge is 0.373 e. The first-order valence-corrected chi connectivity index (χ1v) is 7.36. The van der Waals surface area contributed by atoms with Crippen LogP contribution >= 0.6 is 27.3 Å². The topological polar surface area (TPSA) is 50.7 Å². The zero-order valence-corrected chi connectivity index (χ0v) is 12.8. The van der Waals surface area contributed by atoms with Crippen LogP contribution in [0.2, 0.25) is 0 Å². The van der Waals surface area contributed by atoms with E-state index in [0.29, 0.717) is 5.82 Å². The Morgan fingerprint density at radius 2 is 2.11 bits per heavy atom. The zero-order chi connectivity index (χ0) is 13.4. The third kappa shape index (κ3) is 2.33. The highest BCUT2D eigenvalue weighted by Crippen LogP contribution is 2.29. The molecule has 0 bridgehead atoms. The monoisotopic (exact) mass is 334 g/mol. The van der Waals surface area contributed by atoms with Crippen LogP contribution in [-0.2, 0) is 0 Å². The van der Waals surface area contributed by atoms with Gasteiger partial charge in [0.05, 0.1) is 15.4 Å². The minimum Gasteiger partial charge on any atom is -0.373 e. The summed E-state index contributed by atoms with van der Waals surface area (Å²) >= 11 is 5.07. The van der Waals surface area contributed by atoms with E-state index in [1.807, 2.05) is 38.4 Å². The molecule has 3 aromatic rings. The summed E-state index contributed by atoms with van der Waals surface area (Å²) in [6, 6.07) is 5.98. The number of nitrogens with zero attached hydrogens (tertiary/aromatic N) is 3. The van der Waals surface area contributed by atoms with Gasteiger partial charge in [-0.2, -0.15) is 0 Å². The highest BCUT2D eigenvalue weighted by atomic mass is 79.9. The van der Waals surface area contributed by atoms with Crippen molar-refractivity contribution in [2.24, 2.45) is 0 Å². The summed E-state index contributed by atoms with van der Waals surface area (Å²) in [6.45, 7) is 1.98. The number of halogens is 1. The molecule has 19 heavy (non-hydrogen) atoms. The Morgan fingerprint density at radius 3 is 2.79 bits per heavy atom. The van der Waals surface area contributed by atoms with E-state index in [9.17, 15) is 0 Å². The third-order valence-corrected chi connectivity index (χ3v) is 4.14. The zero-order valence-electron chi connectivity index (χ0n) is 10.4. The van der Waals surface area contributed by atoms with Gasteiger partial charge in [-0.05, 0) is 25.1 Å². The Balaban J connectivity index is 2.25. The molecule has 96 valence electrons. The number of thiazole rings is 1. The Labute approximate surface area is 123 Å². The lowest BCUT2D eigenvalue weighted by Crippen LogP contribution is -1.98. The summed E-state index contributed by atoms with van der Waals surface area (Å²) in [4.78, 5) is 14.4. The molecule has 0 atom stereocenters. The number of fused-ring (bicyclic) bond motifs is 1. The van der Waals surface area contributed by atoms with E-state index in [1.165, 1.54) is 0 Å². The summed E-state index contributed by atoms with van der Waals surface area (Å²) in [6.07, 6.45) is 1.82. The summed E-state index contributed by atoms with van der Waals surface area (Å²) in [7, 11) is 1.87. The number of hydrogen-bond acceptors (Lipinski definition) is 5. The van der Waals surface area contributed by atoms with Crippen LogP contribution in [-0.4, -0.2) is 22.0 Å². The second-order valence-corrected chi connectivity index (χ2v) is 6.20. The number of anilines is 1. The summed E-state index contributed by atoms with van der Waals surface area (Å²) in [5.41, 5.74) is 0.920.